The van der Waals surface area contributed by atoms with Crippen molar-refractivity contribution < 1.29 is 23.0 Å². The fraction of sp³-hybridized carbons (Fsp3) is 0.259. The van der Waals surface area contributed by atoms with Crippen LogP contribution in [-0.2, 0) is 18.2 Å². The van der Waals surface area contributed by atoms with Gasteiger partial charge >= 0.3 is 6.18 Å². The maximum absolute atomic E-state index is 14.1. The molecule has 184 valence electrons. The van der Waals surface area contributed by atoms with Gasteiger partial charge in [0.05, 0.1) is 23.1 Å². The molecule has 2 heterocycles. The summed E-state index contributed by atoms with van der Waals surface area (Å²) in [6.07, 6.45) is -4.67. The molecule has 4 rings (SSSR count). The van der Waals surface area contributed by atoms with Crippen LogP contribution < -0.4 is 10.5 Å². The highest BCUT2D eigenvalue weighted by Crippen LogP contribution is 2.53. The minimum Gasteiger partial charge on any atom is -0.420 e. The molecular formula is C27H23F3N4O2. The van der Waals surface area contributed by atoms with Gasteiger partial charge in [0.1, 0.15) is 11.6 Å². The number of hydrogen-bond donors (Lipinski definition) is 3. The quantitative estimate of drug-likeness (QED) is 0.461. The van der Waals surface area contributed by atoms with E-state index in [1.54, 1.807) is 45.0 Å². The molecule has 4 N–H and O–H groups in total. The van der Waals surface area contributed by atoms with Crippen LogP contribution in [0.15, 0.2) is 53.9 Å². The molecule has 2 aromatic carbocycles. The van der Waals surface area contributed by atoms with Crippen molar-refractivity contribution in [2.24, 2.45) is 11.7 Å². The number of nitriles is 1. The van der Waals surface area contributed by atoms with Gasteiger partial charge in [-0.2, -0.15) is 18.4 Å². The minimum atomic E-state index is -4.67. The zero-order valence-electron chi connectivity index (χ0n) is 19.8. The molecule has 1 aliphatic heterocycles. The monoisotopic (exact) mass is 492 g/mol. The summed E-state index contributed by atoms with van der Waals surface area (Å²) in [4.78, 5) is 0. The van der Waals surface area contributed by atoms with E-state index < -0.39 is 23.1 Å². The number of hydrogen-bond acceptors (Lipinski definition) is 5. The number of halogens is 3. The molecule has 9 heteroatoms. The zero-order chi connectivity index (χ0) is 26.3. The average Bonchev–Trinajstić information content (AvgIpc) is 3.21. The van der Waals surface area contributed by atoms with Gasteiger partial charge in [0, 0.05) is 16.8 Å². The second-order valence-electron chi connectivity index (χ2n) is 8.81. The van der Waals surface area contributed by atoms with Gasteiger partial charge in [-0.25, -0.2) is 0 Å². The molecule has 36 heavy (non-hydrogen) atoms. The summed E-state index contributed by atoms with van der Waals surface area (Å²) in [7, 11) is 0. The predicted molar refractivity (Wildman–Crippen MR) is 126 cm³/mol. The summed E-state index contributed by atoms with van der Waals surface area (Å²) in [6, 6.07) is 12.4. The van der Waals surface area contributed by atoms with E-state index in [1.807, 2.05) is 0 Å². The standard InChI is InChI=1S/C27H23F3N4O2/c1-15(2)26(22(13-31)24(32)36-25-23(26)16(3)33-34-25)20-10-17(11-21(12-20)27(28,29)30)8-9-18-6-4-5-7-19(18)14-35/h4-7,10-12,15,35H,14,32H2,1-3H3,(H,33,34). The number of aliphatic hydroxyl groups excluding tert-OH is 1. The number of ether oxygens (including phenoxy) is 1. The first-order valence-corrected chi connectivity index (χ1v) is 11.1. The lowest BCUT2D eigenvalue weighted by Gasteiger charge is -2.41. The van der Waals surface area contributed by atoms with Gasteiger partial charge < -0.3 is 15.6 Å². The molecule has 0 amide bonds. The molecule has 1 aliphatic rings. The highest BCUT2D eigenvalue weighted by atomic mass is 19.4. The number of nitrogens with two attached hydrogens (primary N) is 1. The summed E-state index contributed by atoms with van der Waals surface area (Å²) in [6.45, 7) is 5.06. The minimum absolute atomic E-state index is 0.00152. The van der Waals surface area contributed by atoms with E-state index in [9.17, 15) is 23.5 Å². The van der Waals surface area contributed by atoms with Crippen molar-refractivity contribution in [2.45, 2.75) is 39.0 Å². The van der Waals surface area contributed by atoms with Crippen LogP contribution in [0.25, 0.3) is 0 Å². The van der Waals surface area contributed by atoms with Gasteiger partial charge in [-0.05, 0) is 48.2 Å². The molecule has 0 saturated carbocycles. The van der Waals surface area contributed by atoms with Gasteiger partial charge in [0.25, 0.3) is 0 Å². The average molecular weight is 493 g/mol. The topological polar surface area (TPSA) is 108 Å². The Balaban J connectivity index is 2.05. The molecule has 3 aromatic rings. The molecule has 0 saturated heterocycles. The first-order valence-electron chi connectivity index (χ1n) is 11.1. The molecule has 1 aromatic heterocycles. The van der Waals surface area contributed by atoms with Crippen molar-refractivity contribution in [1.82, 2.24) is 10.2 Å². The number of H-pyrrole nitrogens is 1. The Bertz CT molecular complexity index is 1470. The largest absolute Gasteiger partial charge is 0.420 e. The van der Waals surface area contributed by atoms with Crippen molar-refractivity contribution in [2.75, 3.05) is 0 Å². The Morgan fingerprint density at radius 2 is 1.92 bits per heavy atom. The van der Waals surface area contributed by atoms with E-state index >= 15 is 0 Å². The summed E-state index contributed by atoms with van der Waals surface area (Å²) >= 11 is 0. The van der Waals surface area contributed by atoms with Gasteiger partial charge in [-0.15, -0.1) is 5.10 Å². The highest BCUT2D eigenvalue weighted by Gasteiger charge is 2.51. The van der Waals surface area contributed by atoms with Gasteiger partial charge in [0.2, 0.25) is 11.8 Å². The molecule has 0 bridgehead atoms. The zero-order valence-corrected chi connectivity index (χ0v) is 19.8. The fourth-order valence-corrected chi connectivity index (χ4v) is 4.77. The van der Waals surface area contributed by atoms with Gasteiger partial charge in [0.15, 0.2) is 0 Å². The molecule has 0 spiro atoms. The van der Waals surface area contributed by atoms with Crippen molar-refractivity contribution in [3.05, 3.63) is 93.0 Å². The molecule has 1 atom stereocenters. The normalized spacial score (nSPS) is 17.2. The van der Waals surface area contributed by atoms with Crippen molar-refractivity contribution in [3.63, 3.8) is 0 Å². The Hall–Kier alpha value is -4.21. The number of alkyl halides is 3. The number of aliphatic hydroxyl groups is 1. The molecule has 0 radical (unpaired) electrons. The van der Waals surface area contributed by atoms with Crippen LogP contribution in [0.2, 0.25) is 0 Å². The number of nitrogens with zero attached hydrogens (tertiary/aromatic N) is 2. The number of fused-ring (bicyclic) bond motifs is 1. The van der Waals surface area contributed by atoms with Crippen LogP contribution in [0.1, 0.15) is 52.9 Å². The summed E-state index contributed by atoms with van der Waals surface area (Å²) in [5.41, 5.74) is 6.15. The van der Waals surface area contributed by atoms with Crippen molar-refractivity contribution in [3.8, 4) is 23.8 Å². The van der Waals surface area contributed by atoms with E-state index in [0.29, 0.717) is 22.4 Å². The highest BCUT2D eigenvalue weighted by molar-refractivity contribution is 5.63. The van der Waals surface area contributed by atoms with E-state index in [-0.39, 0.29) is 35.1 Å². The van der Waals surface area contributed by atoms with E-state index in [2.05, 4.69) is 28.1 Å². The molecule has 1 unspecified atom stereocenters. The first kappa shape index (κ1) is 24.9. The number of aromatic nitrogens is 2. The lowest BCUT2D eigenvalue weighted by Crippen LogP contribution is -2.41. The number of nitrogens with one attached hydrogen (secondary N) is 1. The molecule has 6 nitrogen and oxygen atoms in total. The summed E-state index contributed by atoms with van der Waals surface area (Å²) in [5.74, 6) is 5.16. The van der Waals surface area contributed by atoms with Crippen LogP contribution in [0, 0.1) is 36.0 Å². The lowest BCUT2D eigenvalue weighted by atomic mass is 9.61. The van der Waals surface area contributed by atoms with E-state index in [4.69, 9.17) is 10.5 Å². The third-order valence-electron chi connectivity index (χ3n) is 6.38. The van der Waals surface area contributed by atoms with Gasteiger partial charge in [-0.3, -0.25) is 5.10 Å². The molecule has 0 fully saturated rings. The second-order valence-corrected chi connectivity index (χ2v) is 8.81. The lowest BCUT2D eigenvalue weighted by molar-refractivity contribution is -0.137. The smallest absolute Gasteiger partial charge is 0.416 e. The predicted octanol–water partition coefficient (Wildman–Crippen LogP) is 4.66. The third kappa shape index (κ3) is 3.98. The SMILES string of the molecule is Cc1[nH]nc2c1C(c1cc(C#Cc3ccccc3CO)cc(C(F)(F)F)c1)(C(C)C)C(C#N)=C(N)O2. The number of benzene rings is 2. The maximum Gasteiger partial charge on any atom is 0.416 e. The van der Waals surface area contributed by atoms with Gasteiger partial charge in [-0.1, -0.05) is 43.9 Å². The molecule has 0 aliphatic carbocycles. The Kier molecular flexibility index (Phi) is 6.30. The van der Waals surface area contributed by atoms with Crippen LogP contribution in [0.5, 0.6) is 5.88 Å². The van der Waals surface area contributed by atoms with E-state index in [0.717, 1.165) is 12.1 Å². The second kappa shape index (κ2) is 9.10. The Labute approximate surface area is 206 Å². The van der Waals surface area contributed by atoms with Crippen LogP contribution in [0.3, 0.4) is 0 Å². The summed E-state index contributed by atoms with van der Waals surface area (Å²) < 4.78 is 47.8. The van der Waals surface area contributed by atoms with E-state index in [1.165, 1.54) is 6.07 Å². The fourth-order valence-electron chi connectivity index (χ4n) is 4.77. The first-order chi connectivity index (χ1) is 17.0. The third-order valence-corrected chi connectivity index (χ3v) is 6.38. The maximum atomic E-state index is 14.1. The number of rotatable bonds is 3. The summed E-state index contributed by atoms with van der Waals surface area (Å²) in [5, 5.41) is 26.6. The van der Waals surface area contributed by atoms with Crippen molar-refractivity contribution >= 4 is 0 Å². The van der Waals surface area contributed by atoms with Crippen LogP contribution in [0.4, 0.5) is 13.2 Å². The molecular weight excluding hydrogens is 469 g/mol. The number of allylic oxidation sites excluding steroid dienone is 1. The van der Waals surface area contributed by atoms with Crippen LogP contribution in [-0.4, -0.2) is 15.3 Å². The van der Waals surface area contributed by atoms with Crippen molar-refractivity contribution in [1.29, 1.82) is 5.26 Å². The van der Waals surface area contributed by atoms with Crippen LogP contribution >= 0.6 is 0 Å². The number of aromatic amines is 1. The number of aryl methyl sites for hydroxylation is 1. The Morgan fingerprint density at radius 1 is 1.19 bits per heavy atom. The Morgan fingerprint density at radius 3 is 2.56 bits per heavy atom.